The van der Waals surface area contributed by atoms with Crippen LogP contribution in [0.5, 0.6) is 0 Å². The Labute approximate surface area is 210 Å². The van der Waals surface area contributed by atoms with E-state index in [0.29, 0.717) is 33.0 Å². The molecule has 0 fully saturated rings. The lowest BCUT2D eigenvalue weighted by molar-refractivity contribution is -0.137. The Morgan fingerprint density at radius 3 is 2.37 bits per heavy atom. The predicted molar refractivity (Wildman–Crippen MR) is 134 cm³/mol. The number of aromatic amines is 1. The Morgan fingerprint density at radius 2 is 1.77 bits per heavy atom. The molecule has 10 heteroatoms. The van der Waals surface area contributed by atoms with Crippen molar-refractivity contribution in [2.75, 3.05) is 19.0 Å². The number of rotatable bonds is 3. The zero-order valence-corrected chi connectivity index (χ0v) is 20.7. The van der Waals surface area contributed by atoms with Crippen molar-refractivity contribution in [3.8, 4) is 0 Å². The molecule has 4 aromatic rings. The van der Waals surface area contributed by atoms with E-state index >= 15 is 0 Å². The van der Waals surface area contributed by atoms with Crippen LogP contribution in [0.4, 0.5) is 18.9 Å². The Balaban J connectivity index is 0.000000246. The molecule has 0 unspecified atom stereocenters. The van der Waals surface area contributed by atoms with Gasteiger partial charge in [0.2, 0.25) is 0 Å². The molecule has 0 spiro atoms. The summed E-state index contributed by atoms with van der Waals surface area (Å²) < 4.78 is 36.4. The van der Waals surface area contributed by atoms with Gasteiger partial charge in [0.1, 0.15) is 5.65 Å². The normalized spacial score (nSPS) is 10.7. The third-order valence-electron chi connectivity index (χ3n) is 4.63. The van der Waals surface area contributed by atoms with Crippen LogP contribution >= 0.6 is 23.2 Å². The molecule has 2 aromatic carbocycles. The highest BCUT2D eigenvalue weighted by Crippen LogP contribution is 2.34. The van der Waals surface area contributed by atoms with Gasteiger partial charge in [0.05, 0.1) is 10.6 Å². The smallest absolute Gasteiger partial charge is 0.397 e. The maximum Gasteiger partial charge on any atom is 0.417 e. The van der Waals surface area contributed by atoms with Crippen LogP contribution < -0.4 is 5.32 Å². The fraction of sp³-hybridized carbons (Fsp3) is 0.200. The lowest BCUT2D eigenvalue weighted by atomic mass is 10.0. The topological polar surface area (TPSA) is 78.0 Å². The number of hydrogen-bond acceptors (Lipinski definition) is 4. The number of aliphatic hydroxyl groups is 1. The number of ketones is 1. The molecule has 0 aliphatic carbocycles. The van der Waals surface area contributed by atoms with E-state index in [0.717, 1.165) is 11.5 Å². The van der Waals surface area contributed by atoms with Crippen molar-refractivity contribution in [2.24, 2.45) is 0 Å². The minimum absolute atomic E-state index is 0.0574. The lowest BCUT2D eigenvalue weighted by Gasteiger charge is -2.09. The fourth-order valence-corrected chi connectivity index (χ4v) is 3.48. The summed E-state index contributed by atoms with van der Waals surface area (Å²) in [7, 11) is 1.76. The van der Waals surface area contributed by atoms with E-state index in [9.17, 15) is 18.0 Å². The van der Waals surface area contributed by atoms with Gasteiger partial charge in [-0.1, -0.05) is 34.8 Å². The summed E-state index contributed by atoms with van der Waals surface area (Å²) in [5, 5.41) is 11.7. The van der Waals surface area contributed by atoms with Gasteiger partial charge in [0.25, 0.3) is 0 Å². The fourth-order valence-electron chi connectivity index (χ4n) is 3.08. The molecule has 0 radical (unpaired) electrons. The number of carbonyl (C=O) groups excluding carboxylic acids is 1. The second kappa shape index (κ2) is 12.6. The number of fused-ring (bicyclic) bond motifs is 1. The van der Waals surface area contributed by atoms with Gasteiger partial charge in [0.15, 0.2) is 5.78 Å². The molecule has 4 rings (SSSR count). The molecule has 0 bridgehead atoms. The van der Waals surface area contributed by atoms with Crippen LogP contribution in [0.3, 0.4) is 0 Å². The number of carbonyl (C=O) groups is 1. The minimum atomic E-state index is -4.36. The standard InChI is InChI=1S/C15H12ClN3O.C8H6ClF3.C2H6O/c1-17-13-8-9(16)2-3-12(13)14(20)10-4-6-18-15-11(10)5-7-19-15;1-5-2-3-7(9)6(4-5)8(10,11)12;1-2-3/h2-8,17H,1H3,(H,18,19);2-4H,1H3;3H,2H2,1H3. The Kier molecular flexibility index (Phi) is 10.1. The molecule has 0 saturated heterocycles. The van der Waals surface area contributed by atoms with Crippen LogP contribution in [0.2, 0.25) is 10.0 Å². The summed E-state index contributed by atoms with van der Waals surface area (Å²) in [5.74, 6) is -0.0574. The van der Waals surface area contributed by atoms with Gasteiger partial charge in [0, 0.05) is 53.3 Å². The van der Waals surface area contributed by atoms with Gasteiger partial charge in [-0.3, -0.25) is 4.79 Å². The number of aromatic nitrogens is 2. The highest BCUT2D eigenvalue weighted by molar-refractivity contribution is 6.31. The first-order valence-corrected chi connectivity index (χ1v) is 11.2. The maximum absolute atomic E-state index is 12.7. The number of hydrogen-bond donors (Lipinski definition) is 3. The second-order valence-corrected chi connectivity index (χ2v) is 8.01. The largest absolute Gasteiger partial charge is 0.417 e. The SMILES string of the molecule is CCO.CNc1cc(Cl)ccc1C(=O)c1ccnc2[nH]ccc12.Cc1ccc(Cl)c(C(F)(F)F)c1. The molecule has 186 valence electrons. The van der Waals surface area contributed by atoms with Crippen LogP contribution in [-0.4, -0.2) is 34.5 Å². The first-order valence-electron chi connectivity index (χ1n) is 10.4. The molecule has 0 aliphatic rings. The number of halogens is 5. The number of anilines is 1. The van der Waals surface area contributed by atoms with Crippen molar-refractivity contribution in [1.29, 1.82) is 0 Å². The number of pyridine rings is 1. The summed E-state index contributed by atoms with van der Waals surface area (Å²) in [5.41, 5.74) is 2.40. The molecule has 2 heterocycles. The molecular weight excluding hydrogens is 502 g/mol. The monoisotopic (exact) mass is 525 g/mol. The van der Waals surface area contributed by atoms with E-state index in [1.165, 1.54) is 12.1 Å². The van der Waals surface area contributed by atoms with Gasteiger partial charge < -0.3 is 15.4 Å². The number of H-pyrrole nitrogens is 1. The van der Waals surface area contributed by atoms with Crippen molar-refractivity contribution in [3.63, 3.8) is 0 Å². The molecular formula is C25H24Cl2F3N3O2. The highest BCUT2D eigenvalue weighted by atomic mass is 35.5. The Morgan fingerprint density at radius 1 is 1.09 bits per heavy atom. The lowest BCUT2D eigenvalue weighted by Crippen LogP contribution is -2.06. The molecule has 0 aliphatic heterocycles. The van der Waals surface area contributed by atoms with Crippen molar-refractivity contribution < 1.29 is 23.1 Å². The summed E-state index contributed by atoms with van der Waals surface area (Å²) in [6, 6.07) is 12.6. The molecule has 2 aromatic heterocycles. The average Bonchev–Trinajstić information content (AvgIpc) is 3.29. The number of nitrogens with zero attached hydrogens (tertiary/aromatic N) is 1. The van der Waals surface area contributed by atoms with Crippen molar-refractivity contribution >= 4 is 45.7 Å². The number of benzene rings is 2. The van der Waals surface area contributed by atoms with Gasteiger partial charge in [-0.2, -0.15) is 13.2 Å². The second-order valence-electron chi connectivity index (χ2n) is 7.16. The van der Waals surface area contributed by atoms with Crippen LogP contribution in [0.25, 0.3) is 11.0 Å². The molecule has 5 nitrogen and oxygen atoms in total. The van der Waals surface area contributed by atoms with Gasteiger partial charge in [-0.25, -0.2) is 4.98 Å². The van der Waals surface area contributed by atoms with E-state index in [1.54, 1.807) is 57.6 Å². The third-order valence-corrected chi connectivity index (χ3v) is 5.19. The van der Waals surface area contributed by atoms with Gasteiger partial charge in [-0.15, -0.1) is 0 Å². The van der Waals surface area contributed by atoms with Crippen LogP contribution in [0.1, 0.15) is 34.0 Å². The molecule has 0 atom stereocenters. The highest BCUT2D eigenvalue weighted by Gasteiger charge is 2.32. The van der Waals surface area contributed by atoms with Crippen LogP contribution in [-0.2, 0) is 6.18 Å². The first kappa shape index (κ1) is 28.2. The Bertz CT molecular complexity index is 1290. The number of nitrogens with one attached hydrogen (secondary N) is 2. The van der Waals surface area contributed by atoms with Crippen molar-refractivity contribution in [1.82, 2.24) is 9.97 Å². The van der Waals surface area contributed by atoms with Crippen molar-refractivity contribution in [2.45, 2.75) is 20.0 Å². The van der Waals surface area contributed by atoms with Crippen LogP contribution in [0, 0.1) is 6.92 Å². The zero-order valence-electron chi connectivity index (χ0n) is 19.2. The quantitative estimate of drug-likeness (QED) is 0.248. The van der Waals surface area contributed by atoms with E-state index in [4.69, 9.17) is 28.3 Å². The maximum atomic E-state index is 12.7. The van der Waals surface area contributed by atoms with Crippen LogP contribution in [0.15, 0.2) is 60.9 Å². The van der Waals surface area contributed by atoms with E-state index in [2.05, 4.69) is 15.3 Å². The molecule has 3 N–H and O–H groups in total. The number of aryl methyl sites for hydroxylation is 1. The predicted octanol–water partition coefficient (Wildman–Crippen LogP) is 7.15. The molecule has 0 saturated carbocycles. The number of alkyl halides is 3. The van der Waals surface area contributed by atoms with E-state index < -0.39 is 11.7 Å². The van der Waals surface area contributed by atoms with E-state index in [1.807, 2.05) is 6.07 Å². The summed E-state index contributed by atoms with van der Waals surface area (Å²) >= 11 is 11.3. The summed E-state index contributed by atoms with van der Waals surface area (Å²) in [6.07, 6.45) is -0.959. The Hall–Kier alpha value is -3.07. The third kappa shape index (κ3) is 7.45. The summed E-state index contributed by atoms with van der Waals surface area (Å²) in [6.45, 7) is 3.52. The number of aliphatic hydroxyl groups excluding tert-OH is 1. The minimum Gasteiger partial charge on any atom is -0.397 e. The first-order chi connectivity index (χ1) is 16.5. The van der Waals surface area contributed by atoms with Gasteiger partial charge >= 0.3 is 6.18 Å². The van der Waals surface area contributed by atoms with Gasteiger partial charge in [-0.05, 0) is 56.3 Å². The zero-order chi connectivity index (χ0) is 26.2. The van der Waals surface area contributed by atoms with E-state index in [-0.39, 0.29) is 17.4 Å². The summed E-state index contributed by atoms with van der Waals surface area (Å²) in [4.78, 5) is 19.9. The van der Waals surface area contributed by atoms with Crippen molar-refractivity contribution in [3.05, 3.63) is 93.2 Å². The molecule has 35 heavy (non-hydrogen) atoms. The average molecular weight is 526 g/mol. The molecule has 0 amide bonds.